The minimum Gasteiger partial charge on any atom is -0.465 e. The highest BCUT2D eigenvalue weighted by molar-refractivity contribution is 7.93. The van der Waals surface area contributed by atoms with E-state index in [9.17, 15) is 13.2 Å². The van der Waals surface area contributed by atoms with Crippen LogP contribution >= 0.6 is 11.3 Å². The van der Waals surface area contributed by atoms with Gasteiger partial charge in [-0.05, 0) is 30.0 Å². The van der Waals surface area contributed by atoms with Gasteiger partial charge in [-0.3, -0.25) is 4.72 Å². The van der Waals surface area contributed by atoms with Crippen LogP contribution in [0.15, 0.2) is 40.6 Å². The van der Waals surface area contributed by atoms with Gasteiger partial charge in [-0.1, -0.05) is 12.1 Å². The molecule has 27 heavy (non-hydrogen) atoms. The topological polar surface area (TPSA) is 103 Å². The number of sulfonamides is 1. The van der Waals surface area contributed by atoms with Crippen LogP contribution in [-0.2, 0) is 27.7 Å². The van der Waals surface area contributed by atoms with Crippen LogP contribution < -0.4 is 4.72 Å². The van der Waals surface area contributed by atoms with Gasteiger partial charge >= 0.3 is 5.97 Å². The summed E-state index contributed by atoms with van der Waals surface area (Å²) < 4.78 is 34.7. The van der Waals surface area contributed by atoms with Crippen LogP contribution in [-0.4, -0.2) is 36.3 Å². The van der Waals surface area contributed by atoms with Crippen molar-refractivity contribution >= 4 is 33.0 Å². The van der Waals surface area contributed by atoms with Crippen LogP contribution in [0.2, 0.25) is 0 Å². The lowest BCUT2D eigenvalue weighted by atomic mass is 10.2. The van der Waals surface area contributed by atoms with Crippen LogP contribution in [0.1, 0.15) is 21.9 Å². The van der Waals surface area contributed by atoms with E-state index in [-0.39, 0.29) is 9.77 Å². The zero-order valence-corrected chi connectivity index (χ0v) is 16.0. The van der Waals surface area contributed by atoms with Gasteiger partial charge in [0.1, 0.15) is 15.6 Å². The van der Waals surface area contributed by atoms with E-state index in [0.29, 0.717) is 11.5 Å². The summed E-state index contributed by atoms with van der Waals surface area (Å²) >= 11 is 1.02. The van der Waals surface area contributed by atoms with Gasteiger partial charge in [0.25, 0.3) is 10.0 Å². The van der Waals surface area contributed by atoms with E-state index in [0.717, 1.165) is 42.1 Å². The SMILES string of the molecule is COC(=O)c1sccc1S(=O)(=O)Nc1cccc(-c2nnc3n2CCC3)c1. The van der Waals surface area contributed by atoms with E-state index in [4.69, 9.17) is 0 Å². The molecule has 2 aromatic heterocycles. The van der Waals surface area contributed by atoms with Gasteiger partial charge in [0, 0.05) is 24.2 Å². The number of thiophene rings is 1. The maximum atomic E-state index is 12.7. The van der Waals surface area contributed by atoms with E-state index in [2.05, 4.69) is 19.7 Å². The summed E-state index contributed by atoms with van der Waals surface area (Å²) in [6.45, 7) is 0.852. The molecule has 0 aliphatic carbocycles. The number of nitrogens with one attached hydrogen (secondary N) is 1. The molecule has 0 saturated heterocycles. The molecule has 10 heteroatoms. The number of nitrogens with zero attached hydrogens (tertiary/aromatic N) is 3. The Labute approximate surface area is 159 Å². The van der Waals surface area contributed by atoms with E-state index in [1.165, 1.54) is 18.6 Å². The highest BCUT2D eigenvalue weighted by Gasteiger charge is 2.25. The molecule has 3 heterocycles. The average molecular weight is 404 g/mol. The van der Waals surface area contributed by atoms with Crippen LogP contribution in [0.4, 0.5) is 5.69 Å². The molecular weight excluding hydrogens is 388 g/mol. The number of fused-ring (bicyclic) bond motifs is 1. The van der Waals surface area contributed by atoms with Gasteiger partial charge < -0.3 is 9.30 Å². The number of rotatable bonds is 5. The van der Waals surface area contributed by atoms with Crippen molar-refractivity contribution < 1.29 is 17.9 Å². The minimum atomic E-state index is -3.94. The average Bonchev–Trinajstić information content (AvgIpc) is 3.37. The lowest BCUT2D eigenvalue weighted by Crippen LogP contribution is -2.15. The number of carbonyl (C=O) groups excluding carboxylic acids is 1. The smallest absolute Gasteiger partial charge is 0.349 e. The zero-order chi connectivity index (χ0) is 19.0. The maximum absolute atomic E-state index is 12.7. The summed E-state index contributed by atoms with van der Waals surface area (Å²) in [6.07, 6.45) is 1.92. The molecule has 1 aliphatic rings. The molecule has 0 amide bonds. The lowest BCUT2D eigenvalue weighted by Gasteiger charge is -2.10. The van der Waals surface area contributed by atoms with Gasteiger partial charge in [-0.15, -0.1) is 21.5 Å². The third-order valence-electron chi connectivity index (χ3n) is 4.27. The first-order valence-electron chi connectivity index (χ1n) is 8.21. The molecule has 1 N–H and O–H groups in total. The molecule has 0 spiro atoms. The summed E-state index contributed by atoms with van der Waals surface area (Å²) in [5.41, 5.74) is 1.15. The van der Waals surface area contributed by atoms with Crippen molar-refractivity contribution in [1.29, 1.82) is 0 Å². The molecule has 8 nitrogen and oxygen atoms in total. The number of benzene rings is 1. The Balaban J connectivity index is 1.65. The van der Waals surface area contributed by atoms with Gasteiger partial charge in [0.15, 0.2) is 5.82 Å². The Kier molecular flexibility index (Phi) is 4.44. The highest BCUT2D eigenvalue weighted by Crippen LogP contribution is 2.28. The van der Waals surface area contributed by atoms with Crippen molar-refractivity contribution in [3.63, 3.8) is 0 Å². The standard InChI is InChI=1S/C17H16N4O4S2/c1-25-17(22)15-13(7-9-26-15)27(23,24)20-12-5-2-4-11(10-12)16-19-18-14-6-3-8-21(14)16/h2,4-5,7,9-10,20H,3,6,8H2,1H3. The Morgan fingerprint density at radius 1 is 1.30 bits per heavy atom. The largest absolute Gasteiger partial charge is 0.465 e. The third-order valence-corrected chi connectivity index (χ3v) is 6.72. The number of hydrogen-bond donors (Lipinski definition) is 1. The van der Waals surface area contributed by atoms with Crippen molar-refractivity contribution in [2.45, 2.75) is 24.3 Å². The predicted octanol–water partition coefficient (Wildman–Crippen LogP) is 2.54. The third kappa shape index (κ3) is 3.21. The molecule has 140 valence electrons. The molecule has 3 aromatic rings. The number of anilines is 1. The first-order chi connectivity index (χ1) is 13.0. The predicted molar refractivity (Wildman–Crippen MR) is 100 cm³/mol. The Morgan fingerprint density at radius 3 is 2.96 bits per heavy atom. The van der Waals surface area contributed by atoms with E-state index < -0.39 is 16.0 Å². The minimum absolute atomic E-state index is 0.0384. The molecule has 4 rings (SSSR count). The number of ether oxygens (including phenoxy) is 1. The summed E-state index contributed by atoms with van der Waals surface area (Å²) in [7, 11) is -2.72. The molecule has 0 radical (unpaired) electrons. The van der Waals surface area contributed by atoms with Crippen molar-refractivity contribution in [1.82, 2.24) is 14.8 Å². The first-order valence-corrected chi connectivity index (χ1v) is 10.6. The van der Waals surface area contributed by atoms with E-state index in [1.807, 2.05) is 10.6 Å². The first kappa shape index (κ1) is 17.7. The van der Waals surface area contributed by atoms with Crippen molar-refractivity contribution in [3.05, 3.63) is 46.4 Å². The lowest BCUT2D eigenvalue weighted by molar-refractivity contribution is 0.0602. The van der Waals surface area contributed by atoms with Crippen LogP contribution in [0.5, 0.6) is 0 Å². The summed E-state index contributed by atoms with van der Waals surface area (Å²) in [5.74, 6) is 0.976. The second-order valence-electron chi connectivity index (χ2n) is 5.99. The molecular formula is C17H16N4O4S2. The summed E-state index contributed by atoms with van der Waals surface area (Å²) in [4.78, 5) is 11.7. The maximum Gasteiger partial charge on any atom is 0.349 e. The van der Waals surface area contributed by atoms with Gasteiger partial charge in [0.2, 0.25) is 0 Å². The van der Waals surface area contributed by atoms with E-state index >= 15 is 0 Å². The number of aromatic nitrogens is 3. The highest BCUT2D eigenvalue weighted by atomic mass is 32.2. The van der Waals surface area contributed by atoms with Crippen LogP contribution in [0.3, 0.4) is 0 Å². The zero-order valence-electron chi connectivity index (χ0n) is 14.4. The normalized spacial score (nSPS) is 13.4. The summed E-state index contributed by atoms with van der Waals surface area (Å²) in [5, 5.41) is 9.94. The fraction of sp³-hybridized carbons (Fsp3) is 0.235. The monoisotopic (exact) mass is 404 g/mol. The molecule has 1 aromatic carbocycles. The van der Waals surface area contributed by atoms with Crippen molar-refractivity contribution in [2.24, 2.45) is 0 Å². The molecule has 0 atom stereocenters. The molecule has 0 fully saturated rings. The molecule has 0 unspecified atom stereocenters. The van der Waals surface area contributed by atoms with Crippen LogP contribution in [0.25, 0.3) is 11.4 Å². The number of methoxy groups -OCH3 is 1. The molecule has 0 bridgehead atoms. The number of aryl methyl sites for hydroxylation is 1. The summed E-state index contributed by atoms with van der Waals surface area (Å²) in [6, 6.07) is 8.34. The quantitative estimate of drug-likeness (QED) is 0.656. The number of esters is 1. The Bertz CT molecular complexity index is 1120. The van der Waals surface area contributed by atoms with E-state index in [1.54, 1.807) is 18.2 Å². The van der Waals surface area contributed by atoms with Crippen LogP contribution in [0, 0.1) is 0 Å². The fourth-order valence-corrected chi connectivity index (χ4v) is 5.43. The van der Waals surface area contributed by atoms with Gasteiger partial charge in [-0.2, -0.15) is 0 Å². The Hall–Kier alpha value is -2.72. The fourth-order valence-electron chi connectivity index (χ4n) is 3.05. The molecule has 1 aliphatic heterocycles. The van der Waals surface area contributed by atoms with Gasteiger partial charge in [0.05, 0.1) is 7.11 Å². The molecule has 0 saturated carbocycles. The van der Waals surface area contributed by atoms with Crippen molar-refractivity contribution in [2.75, 3.05) is 11.8 Å². The Morgan fingerprint density at radius 2 is 2.15 bits per heavy atom. The number of carbonyl (C=O) groups is 1. The second kappa shape index (κ2) is 6.78. The number of hydrogen-bond acceptors (Lipinski definition) is 7. The van der Waals surface area contributed by atoms with Gasteiger partial charge in [-0.25, -0.2) is 13.2 Å². The van der Waals surface area contributed by atoms with Crippen molar-refractivity contribution in [3.8, 4) is 11.4 Å². The second-order valence-corrected chi connectivity index (χ2v) is 8.55.